The molecule has 0 radical (unpaired) electrons. The Kier molecular flexibility index (Phi) is 4.21. The number of hydrogen-bond donors (Lipinski definition) is 1. The SMILES string of the molecule is O=C(O)c1ccc(Sc2ncc(Br)cc2Cl)nc1. The van der Waals surface area contributed by atoms with Gasteiger partial charge in [-0.2, -0.15) is 0 Å². The van der Waals surface area contributed by atoms with Crippen molar-refractivity contribution in [3.05, 3.63) is 45.7 Å². The maximum absolute atomic E-state index is 10.7. The molecule has 0 spiro atoms. The summed E-state index contributed by atoms with van der Waals surface area (Å²) < 4.78 is 0.797. The van der Waals surface area contributed by atoms with Crippen molar-refractivity contribution in [1.29, 1.82) is 0 Å². The number of pyridine rings is 2. The van der Waals surface area contributed by atoms with Crippen LogP contribution < -0.4 is 0 Å². The van der Waals surface area contributed by atoms with Crippen LogP contribution in [0.25, 0.3) is 0 Å². The molecule has 2 aromatic heterocycles. The number of aromatic carboxylic acids is 1. The van der Waals surface area contributed by atoms with Gasteiger partial charge in [-0.3, -0.25) is 0 Å². The summed E-state index contributed by atoms with van der Waals surface area (Å²) in [7, 11) is 0. The van der Waals surface area contributed by atoms with Gasteiger partial charge in [-0.1, -0.05) is 11.6 Å². The van der Waals surface area contributed by atoms with Crippen LogP contribution in [-0.2, 0) is 0 Å². The number of carboxylic acids is 1. The van der Waals surface area contributed by atoms with Gasteiger partial charge in [-0.05, 0) is 45.9 Å². The van der Waals surface area contributed by atoms with Crippen LogP contribution in [0.5, 0.6) is 0 Å². The van der Waals surface area contributed by atoms with E-state index in [9.17, 15) is 4.79 Å². The zero-order chi connectivity index (χ0) is 13.1. The van der Waals surface area contributed by atoms with E-state index in [1.165, 1.54) is 24.0 Å². The van der Waals surface area contributed by atoms with Crippen molar-refractivity contribution in [2.75, 3.05) is 0 Å². The second-order valence-electron chi connectivity index (χ2n) is 3.23. The summed E-state index contributed by atoms with van der Waals surface area (Å²) >= 11 is 10.6. The van der Waals surface area contributed by atoms with Gasteiger partial charge in [0.2, 0.25) is 0 Å². The third-order valence-corrected chi connectivity index (χ3v) is 3.76. The highest BCUT2D eigenvalue weighted by Gasteiger charge is 2.08. The molecule has 2 rings (SSSR count). The number of carboxylic acid groups (broad SMARTS) is 1. The molecule has 0 bridgehead atoms. The van der Waals surface area contributed by atoms with E-state index in [4.69, 9.17) is 16.7 Å². The first-order chi connectivity index (χ1) is 8.56. The fourth-order valence-corrected chi connectivity index (χ4v) is 2.59. The summed E-state index contributed by atoms with van der Waals surface area (Å²) in [5.41, 5.74) is 0.147. The van der Waals surface area contributed by atoms with Gasteiger partial charge in [0, 0.05) is 16.9 Å². The molecule has 0 amide bonds. The fraction of sp³-hybridized carbons (Fsp3) is 0. The van der Waals surface area contributed by atoms with Crippen molar-refractivity contribution in [3.63, 3.8) is 0 Å². The monoisotopic (exact) mass is 344 g/mol. The lowest BCUT2D eigenvalue weighted by Crippen LogP contribution is -1.96. The number of nitrogens with zero attached hydrogens (tertiary/aromatic N) is 2. The van der Waals surface area contributed by atoms with E-state index in [1.807, 2.05) is 0 Å². The molecule has 0 saturated heterocycles. The zero-order valence-corrected chi connectivity index (χ0v) is 12.0. The van der Waals surface area contributed by atoms with E-state index in [0.29, 0.717) is 15.1 Å². The molecular formula is C11H6BrClN2O2S. The highest BCUT2D eigenvalue weighted by Crippen LogP contribution is 2.31. The van der Waals surface area contributed by atoms with Crippen molar-refractivity contribution < 1.29 is 9.90 Å². The molecule has 0 aliphatic carbocycles. The van der Waals surface area contributed by atoms with Crippen LogP contribution in [0.1, 0.15) is 10.4 Å². The molecule has 0 fully saturated rings. The van der Waals surface area contributed by atoms with E-state index >= 15 is 0 Å². The summed E-state index contributed by atoms with van der Waals surface area (Å²) in [5.74, 6) is -1.00. The Balaban J connectivity index is 2.21. The van der Waals surface area contributed by atoms with Gasteiger partial charge in [0.15, 0.2) is 0 Å². The number of halogens is 2. The molecule has 1 N–H and O–H groups in total. The molecule has 0 aromatic carbocycles. The first-order valence-electron chi connectivity index (χ1n) is 4.74. The summed E-state index contributed by atoms with van der Waals surface area (Å²) in [6.45, 7) is 0. The standard InChI is InChI=1S/C11H6BrClN2O2S/c12-7-3-8(13)10(15-5-7)18-9-2-1-6(4-14-9)11(16)17/h1-5H,(H,16,17). The molecule has 92 valence electrons. The smallest absolute Gasteiger partial charge is 0.337 e. The van der Waals surface area contributed by atoms with Gasteiger partial charge >= 0.3 is 5.97 Å². The number of carbonyl (C=O) groups is 1. The molecule has 18 heavy (non-hydrogen) atoms. The van der Waals surface area contributed by atoms with Crippen LogP contribution in [0.4, 0.5) is 0 Å². The Labute approximate surface area is 121 Å². The summed E-state index contributed by atoms with van der Waals surface area (Å²) in [6, 6.07) is 4.85. The van der Waals surface area contributed by atoms with Gasteiger partial charge in [0.1, 0.15) is 10.1 Å². The molecule has 0 aliphatic heterocycles. The van der Waals surface area contributed by atoms with E-state index < -0.39 is 5.97 Å². The summed E-state index contributed by atoms with van der Waals surface area (Å²) in [4.78, 5) is 18.9. The van der Waals surface area contributed by atoms with Gasteiger partial charge < -0.3 is 5.11 Å². The summed E-state index contributed by atoms with van der Waals surface area (Å²) in [5, 5.41) is 10.5. The maximum Gasteiger partial charge on any atom is 0.337 e. The van der Waals surface area contributed by atoms with Crippen molar-refractivity contribution in [2.24, 2.45) is 0 Å². The highest BCUT2D eigenvalue weighted by molar-refractivity contribution is 9.10. The van der Waals surface area contributed by atoms with E-state index in [0.717, 1.165) is 4.47 Å². The molecule has 4 nitrogen and oxygen atoms in total. The Morgan fingerprint density at radius 3 is 2.67 bits per heavy atom. The largest absolute Gasteiger partial charge is 0.478 e. The lowest BCUT2D eigenvalue weighted by atomic mass is 10.3. The van der Waals surface area contributed by atoms with Crippen molar-refractivity contribution in [3.8, 4) is 0 Å². The molecule has 0 aliphatic rings. The lowest BCUT2D eigenvalue weighted by Gasteiger charge is -2.03. The molecule has 0 unspecified atom stereocenters. The average Bonchev–Trinajstić information content (AvgIpc) is 2.33. The first kappa shape index (κ1) is 13.3. The summed E-state index contributed by atoms with van der Waals surface area (Å²) in [6.07, 6.45) is 2.94. The number of hydrogen-bond acceptors (Lipinski definition) is 4. The second-order valence-corrected chi connectivity index (χ2v) is 5.56. The fourth-order valence-electron chi connectivity index (χ4n) is 1.14. The zero-order valence-electron chi connectivity index (χ0n) is 8.80. The maximum atomic E-state index is 10.7. The minimum absolute atomic E-state index is 0.147. The van der Waals surface area contributed by atoms with Crippen molar-refractivity contribution in [1.82, 2.24) is 9.97 Å². The normalized spacial score (nSPS) is 10.3. The van der Waals surface area contributed by atoms with Gasteiger partial charge in [-0.15, -0.1) is 0 Å². The quantitative estimate of drug-likeness (QED) is 0.918. The van der Waals surface area contributed by atoms with Crippen LogP contribution in [0.3, 0.4) is 0 Å². The van der Waals surface area contributed by atoms with E-state index in [2.05, 4.69) is 25.9 Å². The van der Waals surface area contributed by atoms with Crippen molar-refractivity contribution >= 4 is 45.3 Å². The predicted molar refractivity (Wildman–Crippen MR) is 72.3 cm³/mol. The van der Waals surface area contributed by atoms with Crippen LogP contribution in [0.2, 0.25) is 5.02 Å². The minimum Gasteiger partial charge on any atom is -0.478 e. The molecule has 2 heterocycles. The third kappa shape index (κ3) is 3.22. The Morgan fingerprint density at radius 1 is 1.33 bits per heavy atom. The second kappa shape index (κ2) is 5.69. The van der Waals surface area contributed by atoms with Crippen LogP contribution >= 0.6 is 39.3 Å². The average molecular weight is 346 g/mol. The molecule has 2 aromatic rings. The Hall–Kier alpha value is -1.11. The van der Waals surface area contributed by atoms with Gasteiger partial charge in [0.25, 0.3) is 0 Å². The number of rotatable bonds is 3. The lowest BCUT2D eigenvalue weighted by molar-refractivity contribution is 0.0696. The van der Waals surface area contributed by atoms with Crippen molar-refractivity contribution in [2.45, 2.75) is 10.1 Å². The van der Waals surface area contributed by atoms with E-state index in [-0.39, 0.29) is 5.56 Å². The van der Waals surface area contributed by atoms with Gasteiger partial charge in [-0.25, -0.2) is 14.8 Å². The van der Waals surface area contributed by atoms with E-state index in [1.54, 1.807) is 18.3 Å². The third-order valence-electron chi connectivity index (χ3n) is 1.96. The molecule has 7 heteroatoms. The number of aromatic nitrogens is 2. The van der Waals surface area contributed by atoms with Gasteiger partial charge in [0.05, 0.1) is 10.6 Å². The van der Waals surface area contributed by atoms with Crippen LogP contribution in [0, 0.1) is 0 Å². The van der Waals surface area contributed by atoms with Crippen LogP contribution in [0.15, 0.2) is 45.1 Å². The molecule has 0 atom stereocenters. The predicted octanol–water partition coefficient (Wildman–Crippen LogP) is 3.74. The molecule has 0 saturated carbocycles. The Bertz CT molecular complexity index is 592. The minimum atomic E-state index is -1.00. The topological polar surface area (TPSA) is 63.1 Å². The first-order valence-corrected chi connectivity index (χ1v) is 6.73. The van der Waals surface area contributed by atoms with Crippen LogP contribution in [-0.4, -0.2) is 21.0 Å². The molecular weight excluding hydrogens is 340 g/mol. The highest BCUT2D eigenvalue weighted by atomic mass is 79.9. The Morgan fingerprint density at radius 2 is 2.11 bits per heavy atom.